The fraction of sp³-hybridized carbons (Fsp3) is 0.304. The first-order valence-corrected chi connectivity index (χ1v) is 9.86. The number of hydrogen-bond acceptors (Lipinski definition) is 4. The minimum Gasteiger partial charge on any atom is -0.364 e. The first-order chi connectivity index (χ1) is 13.7. The molecule has 2 aliphatic heterocycles. The SMILES string of the molecule is CCN1C(=O)C(c2ccccc2)=C(N2CCN(Cc3ccccc3)CC2)C1=O. The summed E-state index contributed by atoms with van der Waals surface area (Å²) in [6.07, 6.45) is 0. The fourth-order valence-corrected chi connectivity index (χ4v) is 3.98. The van der Waals surface area contributed by atoms with Crippen LogP contribution in [0, 0.1) is 0 Å². The molecule has 0 bridgehead atoms. The van der Waals surface area contributed by atoms with Crippen LogP contribution < -0.4 is 0 Å². The summed E-state index contributed by atoms with van der Waals surface area (Å²) >= 11 is 0. The summed E-state index contributed by atoms with van der Waals surface area (Å²) in [5, 5.41) is 0. The molecule has 1 fully saturated rings. The molecule has 0 aromatic heterocycles. The molecule has 1 saturated heterocycles. The zero-order valence-corrected chi connectivity index (χ0v) is 16.2. The minimum absolute atomic E-state index is 0.164. The number of benzene rings is 2. The molecule has 0 atom stereocenters. The number of rotatable bonds is 5. The van der Waals surface area contributed by atoms with E-state index >= 15 is 0 Å². The molecule has 0 unspecified atom stereocenters. The lowest BCUT2D eigenvalue weighted by Crippen LogP contribution is -2.47. The number of imide groups is 1. The highest BCUT2D eigenvalue weighted by molar-refractivity contribution is 6.35. The van der Waals surface area contributed by atoms with Gasteiger partial charge in [0, 0.05) is 39.3 Å². The Labute approximate surface area is 165 Å². The van der Waals surface area contributed by atoms with Crippen molar-refractivity contribution in [3.63, 3.8) is 0 Å². The number of hydrogen-bond donors (Lipinski definition) is 0. The third-order valence-corrected chi connectivity index (χ3v) is 5.46. The van der Waals surface area contributed by atoms with Crippen molar-refractivity contribution in [1.29, 1.82) is 0 Å². The standard InChI is InChI=1S/C23H25N3O2/c1-2-26-22(27)20(19-11-7-4-8-12-19)21(23(26)28)25-15-13-24(14-16-25)17-18-9-5-3-6-10-18/h3-12H,2,13-17H2,1H3. The van der Waals surface area contributed by atoms with Crippen molar-refractivity contribution in [3.05, 3.63) is 77.5 Å². The maximum Gasteiger partial charge on any atom is 0.277 e. The largest absolute Gasteiger partial charge is 0.364 e. The Morgan fingerprint density at radius 2 is 1.39 bits per heavy atom. The van der Waals surface area contributed by atoms with E-state index in [-0.39, 0.29) is 11.8 Å². The Kier molecular flexibility index (Phi) is 5.26. The van der Waals surface area contributed by atoms with Gasteiger partial charge >= 0.3 is 0 Å². The van der Waals surface area contributed by atoms with Crippen LogP contribution in [-0.2, 0) is 16.1 Å². The van der Waals surface area contributed by atoms with Crippen LogP contribution in [0.3, 0.4) is 0 Å². The summed E-state index contributed by atoms with van der Waals surface area (Å²) < 4.78 is 0. The summed E-state index contributed by atoms with van der Waals surface area (Å²) in [6.45, 7) is 6.38. The molecule has 0 N–H and O–H groups in total. The van der Waals surface area contributed by atoms with E-state index in [0.29, 0.717) is 17.8 Å². The molecular formula is C23H25N3O2. The van der Waals surface area contributed by atoms with Gasteiger partial charge in [-0.1, -0.05) is 60.7 Å². The molecule has 2 aromatic carbocycles. The quantitative estimate of drug-likeness (QED) is 0.754. The molecule has 2 amide bonds. The van der Waals surface area contributed by atoms with Crippen LogP contribution >= 0.6 is 0 Å². The molecule has 5 nitrogen and oxygen atoms in total. The maximum atomic E-state index is 13.0. The fourth-order valence-electron chi connectivity index (χ4n) is 3.98. The highest BCUT2D eigenvalue weighted by Gasteiger charge is 2.41. The van der Waals surface area contributed by atoms with Gasteiger partial charge in [0.1, 0.15) is 5.70 Å². The van der Waals surface area contributed by atoms with Crippen molar-refractivity contribution in [2.75, 3.05) is 32.7 Å². The first kappa shape index (κ1) is 18.4. The smallest absolute Gasteiger partial charge is 0.277 e. The van der Waals surface area contributed by atoms with Crippen molar-refractivity contribution in [2.24, 2.45) is 0 Å². The summed E-state index contributed by atoms with van der Waals surface area (Å²) in [4.78, 5) is 31.8. The second-order valence-corrected chi connectivity index (χ2v) is 7.19. The Bertz CT molecular complexity index is 885. The highest BCUT2D eigenvalue weighted by Crippen LogP contribution is 2.32. The predicted octanol–water partition coefficient (Wildman–Crippen LogP) is 2.60. The lowest BCUT2D eigenvalue weighted by molar-refractivity contribution is -0.137. The summed E-state index contributed by atoms with van der Waals surface area (Å²) in [5.41, 5.74) is 3.23. The van der Waals surface area contributed by atoms with E-state index in [2.05, 4.69) is 34.1 Å². The van der Waals surface area contributed by atoms with Gasteiger partial charge in [-0.25, -0.2) is 0 Å². The van der Waals surface area contributed by atoms with Crippen LogP contribution in [-0.4, -0.2) is 59.2 Å². The van der Waals surface area contributed by atoms with Crippen LogP contribution in [0.4, 0.5) is 0 Å². The van der Waals surface area contributed by atoms with Gasteiger partial charge in [0.05, 0.1) is 5.57 Å². The predicted molar refractivity (Wildman–Crippen MR) is 109 cm³/mol. The Morgan fingerprint density at radius 3 is 2.00 bits per heavy atom. The van der Waals surface area contributed by atoms with Crippen LogP contribution in [0.1, 0.15) is 18.1 Å². The molecule has 0 saturated carbocycles. The van der Waals surface area contributed by atoms with E-state index in [1.807, 2.05) is 43.3 Å². The van der Waals surface area contributed by atoms with Gasteiger partial charge in [0.15, 0.2) is 0 Å². The number of carbonyl (C=O) groups excluding carboxylic acids is 2. The van der Waals surface area contributed by atoms with E-state index < -0.39 is 0 Å². The normalized spacial score (nSPS) is 18.3. The number of carbonyl (C=O) groups is 2. The lowest BCUT2D eigenvalue weighted by Gasteiger charge is -2.36. The molecular weight excluding hydrogens is 350 g/mol. The Hall–Kier alpha value is -2.92. The maximum absolute atomic E-state index is 13.0. The van der Waals surface area contributed by atoms with Crippen molar-refractivity contribution >= 4 is 17.4 Å². The number of piperazine rings is 1. The molecule has 0 radical (unpaired) electrons. The number of nitrogens with zero attached hydrogens (tertiary/aromatic N) is 3. The topological polar surface area (TPSA) is 43.9 Å². The van der Waals surface area contributed by atoms with Crippen molar-refractivity contribution in [1.82, 2.24) is 14.7 Å². The zero-order chi connectivity index (χ0) is 19.5. The van der Waals surface area contributed by atoms with E-state index in [1.165, 1.54) is 10.5 Å². The van der Waals surface area contributed by atoms with Crippen molar-refractivity contribution < 1.29 is 9.59 Å². The molecule has 2 heterocycles. The summed E-state index contributed by atoms with van der Waals surface area (Å²) in [6, 6.07) is 20.0. The van der Waals surface area contributed by atoms with Gasteiger partial charge in [0.2, 0.25) is 0 Å². The first-order valence-electron chi connectivity index (χ1n) is 9.86. The Balaban J connectivity index is 1.55. The molecule has 2 aromatic rings. The molecule has 0 spiro atoms. The van der Waals surface area contributed by atoms with Gasteiger partial charge < -0.3 is 4.90 Å². The van der Waals surface area contributed by atoms with Crippen LogP contribution in [0.2, 0.25) is 0 Å². The lowest BCUT2D eigenvalue weighted by atomic mass is 10.0. The molecule has 0 aliphatic carbocycles. The van der Waals surface area contributed by atoms with Crippen LogP contribution in [0.15, 0.2) is 66.4 Å². The monoisotopic (exact) mass is 375 g/mol. The number of likely N-dealkylation sites (N-methyl/N-ethyl adjacent to an activating group) is 1. The molecule has 2 aliphatic rings. The highest BCUT2D eigenvalue weighted by atomic mass is 16.2. The zero-order valence-electron chi connectivity index (χ0n) is 16.2. The van der Waals surface area contributed by atoms with E-state index in [1.54, 1.807) is 0 Å². The summed E-state index contributed by atoms with van der Waals surface area (Å²) in [7, 11) is 0. The third kappa shape index (κ3) is 3.45. The second kappa shape index (κ2) is 7.98. The molecule has 4 rings (SSSR count). The Morgan fingerprint density at radius 1 is 0.786 bits per heavy atom. The number of amides is 2. The van der Waals surface area contributed by atoms with Gasteiger partial charge in [-0.05, 0) is 18.1 Å². The van der Waals surface area contributed by atoms with Crippen molar-refractivity contribution in [2.45, 2.75) is 13.5 Å². The van der Waals surface area contributed by atoms with Crippen LogP contribution in [0.5, 0.6) is 0 Å². The van der Waals surface area contributed by atoms with E-state index in [0.717, 1.165) is 38.3 Å². The van der Waals surface area contributed by atoms with Crippen molar-refractivity contribution in [3.8, 4) is 0 Å². The molecule has 5 heteroatoms. The van der Waals surface area contributed by atoms with Gasteiger partial charge in [-0.15, -0.1) is 0 Å². The minimum atomic E-state index is -0.180. The van der Waals surface area contributed by atoms with Gasteiger partial charge in [0.25, 0.3) is 11.8 Å². The van der Waals surface area contributed by atoms with E-state index in [9.17, 15) is 9.59 Å². The molecule has 144 valence electrons. The molecule has 28 heavy (non-hydrogen) atoms. The summed E-state index contributed by atoms with van der Waals surface area (Å²) in [5.74, 6) is -0.344. The average molecular weight is 375 g/mol. The average Bonchev–Trinajstić information content (AvgIpc) is 2.99. The third-order valence-electron chi connectivity index (χ3n) is 5.46. The van der Waals surface area contributed by atoms with Gasteiger partial charge in [-0.3, -0.25) is 19.4 Å². The van der Waals surface area contributed by atoms with Gasteiger partial charge in [-0.2, -0.15) is 0 Å². The second-order valence-electron chi connectivity index (χ2n) is 7.19. The van der Waals surface area contributed by atoms with E-state index in [4.69, 9.17) is 0 Å². The van der Waals surface area contributed by atoms with Crippen LogP contribution in [0.25, 0.3) is 5.57 Å².